The number of hydrogen-bond donors (Lipinski definition) is 1. The molecule has 0 aliphatic carbocycles. The average molecular weight is 370 g/mol. The van der Waals surface area contributed by atoms with Crippen molar-refractivity contribution < 1.29 is 4.79 Å². The van der Waals surface area contributed by atoms with Gasteiger partial charge in [0.1, 0.15) is 0 Å². The second kappa shape index (κ2) is 8.65. The van der Waals surface area contributed by atoms with Crippen molar-refractivity contribution in [3.05, 3.63) is 47.0 Å². The van der Waals surface area contributed by atoms with Gasteiger partial charge in [0.15, 0.2) is 5.69 Å². The first-order valence-electron chi connectivity index (χ1n) is 9.92. The Morgan fingerprint density at radius 1 is 1.22 bits per heavy atom. The summed E-state index contributed by atoms with van der Waals surface area (Å²) in [6, 6.07) is 3.84. The van der Waals surface area contributed by atoms with Crippen LogP contribution in [0.2, 0.25) is 0 Å². The van der Waals surface area contributed by atoms with Crippen LogP contribution < -0.4 is 5.32 Å². The summed E-state index contributed by atoms with van der Waals surface area (Å²) in [6.45, 7) is 13.0. The number of nitrogens with one attached hydrogen (secondary N) is 1. The van der Waals surface area contributed by atoms with E-state index in [-0.39, 0.29) is 5.91 Å². The molecular formula is C21H31N5O. The van der Waals surface area contributed by atoms with Crippen LogP contribution in [0.25, 0.3) is 0 Å². The number of hydrogen-bond acceptors (Lipinski definition) is 4. The van der Waals surface area contributed by atoms with Gasteiger partial charge >= 0.3 is 0 Å². The van der Waals surface area contributed by atoms with Crippen LogP contribution >= 0.6 is 0 Å². The van der Waals surface area contributed by atoms with Gasteiger partial charge in [-0.15, -0.1) is 0 Å². The second-order valence-corrected chi connectivity index (χ2v) is 8.27. The molecule has 1 aliphatic rings. The van der Waals surface area contributed by atoms with Crippen molar-refractivity contribution in [2.24, 2.45) is 11.8 Å². The largest absolute Gasteiger partial charge is 0.346 e. The molecule has 6 nitrogen and oxygen atoms in total. The van der Waals surface area contributed by atoms with Crippen molar-refractivity contribution in [2.45, 2.75) is 53.8 Å². The summed E-state index contributed by atoms with van der Waals surface area (Å²) >= 11 is 0. The van der Waals surface area contributed by atoms with Gasteiger partial charge < -0.3 is 5.32 Å². The minimum atomic E-state index is -0.0935. The van der Waals surface area contributed by atoms with Gasteiger partial charge in [-0.2, -0.15) is 5.10 Å². The molecule has 0 saturated carbocycles. The maximum atomic E-state index is 12.9. The third-order valence-corrected chi connectivity index (χ3v) is 4.77. The molecule has 3 rings (SSSR count). The Morgan fingerprint density at radius 2 is 2.00 bits per heavy atom. The first kappa shape index (κ1) is 19.5. The van der Waals surface area contributed by atoms with Gasteiger partial charge in [0.05, 0.1) is 0 Å². The molecule has 0 saturated heterocycles. The molecule has 3 heterocycles. The van der Waals surface area contributed by atoms with Crippen molar-refractivity contribution in [2.75, 3.05) is 13.1 Å². The molecule has 1 amide bonds. The summed E-state index contributed by atoms with van der Waals surface area (Å²) in [5.74, 6) is 1.01. The molecule has 2 aromatic heterocycles. The van der Waals surface area contributed by atoms with E-state index in [1.807, 2.05) is 12.1 Å². The number of nitrogens with zero attached hydrogens (tertiary/aromatic N) is 4. The number of fused-ring (bicyclic) bond motifs is 1. The van der Waals surface area contributed by atoms with Crippen molar-refractivity contribution in [3.8, 4) is 0 Å². The highest BCUT2D eigenvalue weighted by atomic mass is 16.1. The van der Waals surface area contributed by atoms with Crippen LogP contribution in [0.15, 0.2) is 24.5 Å². The van der Waals surface area contributed by atoms with Gasteiger partial charge in [0.25, 0.3) is 5.91 Å². The van der Waals surface area contributed by atoms with E-state index in [1.54, 1.807) is 12.4 Å². The molecule has 1 aliphatic heterocycles. The summed E-state index contributed by atoms with van der Waals surface area (Å²) in [6.07, 6.45) is 4.47. The van der Waals surface area contributed by atoms with E-state index >= 15 is 0 Å². The number of carbonyl (C=O) groups excluding carboxylic acids is 1. The molecule has 0 aromatic carbocycles. The first-order chi connectivity index (χ1) is 12.9. The van der Waals surface area contributed by atoms with Gasteiger partial charge in [0, 0.05) is 62.8 Å². The molecule has 0 bridgehead atoms. The summed E-state index contributed by atoms with van der Waals surface area (Å²) in [5, 5.41) is 7.73. The van der Waals surface area contributed by atoms with Crippen molar-refractivity contribution in [1.29, 1.82) is 0 Å². The van der Waals surface area contributed by atoms with Crippen LogP contribution in [-0.4, -0.2) is 38.7 Å². The van der Waals surface area contributed by atoms with Crippen LogP contribution in [0.1, 0.15) is 55.0 Å². The minimum Gasteiger partial charge on any atom is -0.346 e. The van der Waals surface area contributed by atoms with E-state index in [0.717, 1.165) is 43.7 Å². The van der Waals surface area contributed by atoms with E-state index in [9.17, 15) is 4.79 Å². The summed E-state index contributed by atoms with van der Waals surface area (Å²) in [4.78, 5) is 19.4. The lowest BCUT2D eigenvalue weighted by molar-refractivity contribution is 0.0942. The van der Waals surface area contributed by atoms with Crippen LogP contribution in [0.5, 0.6) is 0 Å². The van der Waals surface area contributed by atoms with Crippen molar-refractivity contribution in [1.82, 2.24) is 25.0 Å². The Kier molecular flexibility index (Phi) is 6.26. The van der Waals surface area contributed by atoms with E-state index < -0.39 is 0 Å². The fraction of sp³-hybridized carbons (Fsp3) is 0.571. The zero-order valence-corrected chi connectivity index (χ0v) is 16.9. The number of aromatic nitrogens is 3. The number of rotatable bonds is 7. The molecule has 1 N–H and O–H groups in total. The van der Waals surface area contributed by atoms with E-state index in [1.165, 1.54) is 5.69 Å². The van der Waals surface area contributed by atoms with Gasteiger partial charge in [0.2, 0.25) is 0 Å². The third-order valence-electron chi connectivity index (χ3n) is 4.77. The topological polar surface area (TPSA) is 63.1 Å². The SMILES string of the molecule is CC(C)CN1CCc2c(c(C(=O)NCc3cccnc3)nn2CC(C)C)C1. The summed E-state index contributed by atoms with van der Waals surface area (Å²) in [5.41, 5.74) is 3.91. The zero-order valence-electron chi connectivity index (χ0n) is 16.9. The highest BCUT2D eigenvalue weighted by molar-refractivity contribution is 5.94. The molecule has 146 valence electrons. The zero-order chi connectivity index (χ0) is 19.4. The van der Waals surface area contributed by atoms with Crippen LogP contribution in [0.3, 0.4) is 0 Å². The smallest absolute Gasteiger partial charge is 0.272 e. The van der Waals surface area contributed by atoms with Gasteiger partial charge in [-0.3, -0.25) is 19.4 Å². The maximum Gasteiger partial charge on any atom is 0.272 e. The van der Waals surface area contributed by atoms with Gasteiger partial charge in [-0.25, -0.2) is 0 Å². The molecule has 2 aromatic rings. The minimum absolute atomic E-state index is 0.0935. The second-order valence-electron chi connectivity index (χ2n) is 8.27. The summed E-state index contributed by atoms with van der Waals surface area (Å²) in [7, 11) is 0. The Hall–Kier alpha value is -2.21. The van der Waals surface area contributed by atoms with Gasteiger partial charge in [-0.1, -0.05) is 33.8 Å². The fourth-order valence-electron chi connectivity index (χ4n) is 3.67. The molecule has 0 unspecified atom stereocenters. The monoisotopic (exact) mass is 369 g/mol. The molecule has 0 spiro atoms. The normalized spacial score (nSPS) is 14.6. The predicted octanol–water partition coefficient (Wildman–Crippen LogP) is 2.88. The molecular weight excluding hydrogens is 338 g/mol. The highest BCUT2D eigenvalue weighted by Gasteiger charge is 2.28. The standard InChI is InChI=1S/C21H31N5O/c1-15(2)12-25-9-7-19-18(14-25)20(24-26(19)13-16(3)4)21(27)23-11-17-6-5-8-22-10-17/h5-6,8,10,15-16H,7,9,11-14H2,1-4H3,(H,23,27). The average Bonchev–Trinajstić information content (AvgIpc) is 2.97. The molecule has 27 heavy (non-hydrogen) atoms. The van der Waals surface area contributed by atoms with Gasteiger partial charge in [-0.05, 0) is 23.5 Å². The lowest BCUT2D eigenvalue weighted by Gasteiger charge is -2.29. The Morgan fingerprint density at radius 3 is 2.67 bits per heavy atom. The highest BCUT2D eigenvalue weighted by Crippen LogP contribution is 2.24. The van der Waals surface area contributed by atoms with E-state index in [4.69, 9.17) is 5.10 Å². The number of amides is 1. The van der Waals surface area contributed by atoms with Crippen molar-refractivity contribution in [3.63, 3.8) is 0 Å². The summed E-state index contributed by atoms with van der Waals surface area (Å²) < 4.78 is 2.06. The lowest BCUT2D eigenvalue weighted by atomic mass is 10.0. The molecule has 0 fully saturated rings. The van der Waals surface area contributed by atoms with Crippen LogP contribution in [0, 0.1) is 11.8 Å². The quantitative estimate of drug-likeness (QED) is 0.815. The lowest BCUT2D eigenvalue weighted by Crippen LogP contribution is -2.35. The van der Waals surface area contributed by atoms with Crippen LogP contribution in [-0.2, 0) is 26.1 Å². The predicted molar refractivity (Wildman–Crippen MR) is 106 cm³/mol. The van der Waals surface area contributed by atoms with Crippen molar-refractivity contribution >= 4 is 5.91 Å². The number of carbonyl (C=O) groups is 1. The molecule has 6 heteroatoms. The Balaban J connectivity index is 1.80. The molecule has 0 radical (unpaired) electrons. The fourth-order valence-corrected chi connectivity index (χ4v) is 3.67. The number of pyridine rings is 1. The van der Waals surface area contributed by atoms with E-state index in [2.05, 4.69) is 47.6 Å². The molecule has 0 atom stereocenters. The Bertz CT molecular complexity index is 766. The van der Waals surface area contributed by atoms with E-state index in [0.29, 0.717) is 24.1 Å². The Labute approximate surface area is 162 Å². The maximum absolute atomic E-state index is 12.9. The third kappa shape index (κ3) is 4.95. The van der Waals surface area contributed by atoms with Crippen LogP contribution in [0.4, 0.5) is 0 Å². The first-order valence-corrected chi connectivity index (χ1v) is 9.92.